The van der Waals surface area contributed by atoms with Crippen molar-refractivity contribution in [2.45, 2.75) is 39.7 Å². The van der Waals surface area contributed by atoms with E-state index in [0.29, 0.717) is 26.1 Å². The largest absolute Gasteiger partial charge is 0.374 e. The molecule has 0 aromatic heterocycles. The van der Waals surface area contributed by atoms with E-state index in [1.165, 1.54) is 0 Å². The molecule has 0 heterocycles. The predicted octanol–water partition coefficient (Wildman–Crippen LogP) is 4.52. The van der Waals surface area contributed by atoms with Crippen molar-refractivity contribution in [2.75, 3.05) is 31.6 Å². The van der Waals surface area contributed by atoms with Gasteiger partial charge in [0.1, 0.15) is 6.54 Å². The lowest BCUT2D eigenvalue weighted by molar-refractivity contribution is -0.116. The second-order valence-corrected chi connectivity index (χ2v) is 7.29. The molecule has 0 radical (unpaired) electrons. The number of rotatable bonds is 11. The standard InChI is InChI=1S/C24H33N3O3/c1-4-16-27(18-23(28)26-22-14-9-8-11-19(22)2)24(29)25-15-10-17-30-20(3)21-12-6-5-7-13-21/h5-9,11-14,20H,4,10,15-18H2,1-3H3,(H,25,29)(H,26,28)/t20-/m0/s1. The second kappa shape index (κ2) is 12.6. The average Bonchev–Trinajstić information content (AvgIpc) is 2.75. The van der Waals surface area contributed by atoms with Gasteiger partial charge in [-0.25, -0.2) is 4.79 Å². The Bertz CT molecular complexity index is 795. The Kier molecular flexibility index (Phi) is 9.87. The van der Waals surface area contributed by atoms with Gasteiger partial charge in [-0.05, 0) is 43.9 Å². The molecule has 30 heavy (non-hydrogen) atoms. The summed E-state index contributed by atoms with van der Waals surface area (Å²) in [5, 5.41) is 5.77. The van der Waals surface area contributed by atoms with Crippen molar-refractivity contribution >= 4 is 17.6 Å². The molecule has 0 aliphatic heterocycles. The van der Waals surface area contributed by atoms with E-state index in [2.05, 4.69) is 10.6 Å². The van der Waals surface area contributed by atoms with E-state index in [9.17, 15) is 9.59 Å². The van der Waals surface area contributed by atoms with Gasteiger partial charge in [-0.15, -0.1) is 0 Å². The van der Waals surface area contributed by atoms with E-state index in [0.717, 1.165) is 23.2 Å². The van der Waals surface area contributed by atoms with Crippen molar-refractivity contribution in [1.82, 2.24) is 10.2 Å². The molecule has 2 rings (SSSR count). The highest BCUT2D eigenvalue weighted by Gasteiger charge is 2.16. The van der Waals surface area contributed by atoms with E-state index in [1.54, 1.807) is 4.90 Å². The van der Waals surface area contributed by atoms with Crippen LogP contribution in [0.3, 0.4) is 0 Å². The molecule has 0 spiro atoms. The van der Waals surface area contributed by atoms with Gasteiger partial charge in [0.25, 0.3) is 0 Å². The fourth-order valence-corrected chi connectivity index (χ4v) is 3.06. The molecule has 2 aromatic rings. The lowest BCUT2D eigenvalue weighted by Crippen LogP contribution is -2.44. The number of hydrogen-bond donors (Lipinski definition) is 2. The molecule has 162 valence electrons. The van der Waals surface area contributed by atoms with Crippen LogP contribution in [0.1, 0.15) is 43.9 Å². The molecular formula is C24H33N3O3. The number of nitrogens with one attached hydrogen (secondary N) is 2. The maximum atomic E-state index is 12.5. The van der Waals surface area contributed by atoms with Crippen LogP contribution in [-0.2, 0) is 9.53 Å². The fourth-order valence-electron chi connectivity index (χ4n) is 3.06. The summed E-state index contributed by atoms with van der Waals surface area (Å²) in [7, 11) is 0. The Balaban J connectivity index is 1.72. The molecule has 0 saturated carbocycles. The Morgan fingerprint density at radius 2 is 1.77 bits per heavy atom. The first-order valence-electron chi connectivity index (χ1n) is 10.6. The Labute approximate surface area is 179 Å². The Hall–Kier alpha value is -2.86. The Morgan fingerprint density at radius 1 is 1.07 bits per heavy atom. The number of benzene rings is 2. The van der Waals surface area contributed by atoms with Crippen LogP contribution in [0.15, 0.2) is 54.6 Å². The molecule has 6 nitrogen and oxygen atoms in total. The Morgan fingerprint density at radius 3 is 2.47 bits per heavy atom. The molecule has 2 N–H and O–H groups in total. The van der Waals surface area contributed by atoms with Crippen molar-refractivity contribution in [2.24, 2.45) is 0 Å². The number of carbonyl (C=O) groups is 2. The number of amides is 3. The van der Waals surface area contributed by atoms with Crippen LogP contribution in [0.5, 0.6) is 0 Å². The lowest BCUT2D eigenvalue weighted by atomic mass is 10.1. The van der Waals surface area contributed by atoms with Crippen molar-refractivity contribution in [3.8, 4) is 0 Å². The highest BCUT2D eigenvalue weighted by atomic mass is 16.5. The van der Waals surface area contributed by atoms with E-state index in [-0.39, 0.29) is 24.6 Å². The van der Waals surface area contributed by atoms with E-state index < -0.39 is 0 Å². The number of ether oxygens (including phenoxy) is 1. The van der Waals surface area contributed by atoms with Gasteiger partial charge in [0.2, 0.25) is 5.91 Å². The zero-order valence-corrected chi connectivity index (χ0v) is 18.2. The number of para-hydroxylation sites is 1. The van der Waals surface area contributed by atoms with Gasteiger partial charge >= 0.3 is 6.03 Å². The first-order valence-corrected chi connectivity index (χ1v) is 10.6. The van der Waals surface area contributed by atoms with Crippen LogP contribution in [0.25, 0.3) is 0 Å². The smallest absolute Gasteiger partial charge is 0.317 e. The minimum atomic E-state index is -0.229. The van der Waals surface area contributed by atoms with E-state index in [1.807, 2.05) is 75.4 Å². The maximum Gasteiger partial charge on any atom is 0.317 e. The topological polar surface area (TPSA) is 70.7 Å². The third-order valence-corrected chi connectivity index (χ3v) is 4.77. The van der Waals surface area contributed by atoms with Crippen molar-refractivity contribution < 1.29 is 14.3 Å². The van der Waals surface area contributed by atoms with Gasteiger partial charge in [0.15, 0.2) is 0 Å². The second-order valence-electron chi connectivity index (χ2n) is 7.29. The van der Waals surface area contributed by atoms with Crippen LogP contribution < -0.4 is 10.6 Å². The fraction of sp³-hybridized carbons (Fsp3) is 0.417. The van der Waals surface area contributed by atoms with E-state index in [4.69, 9.17) is 4.74 Å². The summed E-state index contributed by atoms with van der Waals surface area (Å²) in [6, 6.07) is 17.4. The van der Waals surface area contributed by atoms with Gasteiger partial charge in [-0.2, -0.15) is 0 Å². The van der Waals surface area contributed by atoms with Gasteiger partial charge in [0.05, 0.1) is 6.10 Å². The molecule has 3 amide bonds. The molecular weight excluding hydrogens is 378 g/mol. The summed E-state index contributed by atoms with van der Waals surface area (Å²) in [5.74, 6) is -0.201. The molecule has 0 fully saturated rings. The quantitative estimate of drug-likeness (QED) is 0.534. The zero-order chi connectivity index (χ0) is 21.8. The third kappa shape index (κ3) is 7.87. The van der Waals surface area contributed by atoms with Crippen LogP contribution in [-0.4, -0.2) is 43.1 Å². The molecule has 1 atom stereocenters. The SMILES string of the molecule is CCCN(CC(=O)Nc1ccccc1C)C(=O)NCCCO[C@@H](C)c1ccccc1. The molecule has 0 bridgehead atoms. The van der Waals surface area contributed by atoms with Gasteiger partial charge in [0, 0.05) is 25.4 Å². The number of aryl methyl sites for hydroxylation is 1. The minimum absolute atomic E-state index is 0.0173. The van der Waals surface area contributed by atoms with Crippen molar-refractivity contribution in [3.05, 3.63) is 65.7 Å². The molecule has 2 aromatic carbocycles. The molecule has 0 unspecified atom stereocenters. The predicted molar refractivity (Wildman–Crippen MR) is 120 cm³/mol. The summed E-state index contributed by atoms with van der Waals surface area (Å²) in [5.41, 5.74) is 2.89. The first-order chi connectivity index (χ1) is 14.5. The van der Waals surface area contributed by atoms with Crippen molar-refractivity contribution in [1.29, 1.82) is 0 Å². The number of urea groups is 1. The van der Waals surface area contributed by atoms with Crippen LogP contribution in [0.2, 0.25) is 0 Å². The summed E-state index contributed by atoms with van der Waals surface area (Å²) in [6.07, 6.45) is 1.50. The molecule has 0 aliphatic carbocycles. The number of carbonyl (C=O) groups excluding carboxylic acids is 2. The molecule has 6 heteroatoms. The van der Waals surface area contributed by atoms with Gasteiger partial charge in [-0.1, -0.05) is 55.5 Å². The number of nitrogens with zero attached hydrogens (tertiary/aromatic N) is 1. The summed E-state index contributed by atoms with van der Waals surface area (Å²) in [6.45, 7) is 7.54. The maximum absolute atomic E-state index is 12.5. The van der Waals surface area contributed by atoms with Crippen LogP contribution in [0, 0.1) is 6.92 Å². The monoisotopic (exact) mass is 411 g/mol. The highest BCUT2D eigenvalue weighted by molar-refractivity contribution is 5.94. The van der Waals surface area contributed by atoms with E-state index >= 15 is 0 Å². The van der Waals surface area contributed by atoms with Crippen LogP contribution >= 0.6 is 0 Å². The third-order valence-electron chi connectivity index (χ3n) is 4.77. The summed E-state index contributed by atoms with van der Waals surface area (Å²) in [4.78, 5) is 26.4. The highest BCUT2D eigenvalue weighted by Crippen LogP contribution is 2.16. The number of anilines is 1. The zero-order valence-electron chi connectivity index (χ0n) is 18.2. The van der Waals surface area contributed by atoms with Gasteiger partial charge < -0.3 is 20.3 Å². The summed E-state index contributed by atoms with van der Waals surface area (Å²) < 4.78 is 5.83. The normalized spacial score (nSPS) is 11.6. The molecule has 0 saturated heterocycles. The van der Waals surface area contributed by atoms with Crippen molar-refractivity contribution in [3.63, 3.8) is 0 Å². The molecule has 0 aliphatic rings. The summed E-state index contributed by atoms with van der Waals surface area (Å²) >= 11 is 0. The van der Waals surface area contributed by atoms with Gasteiger partial charge in [-0.3, -0.25) is 4.79 Å². The number of hydrogen-bond acceptors (Lipinski definition) is 3. The average molecular weight is 412 g/mol. The minimum Gasteiger partial charge on any atom is -0.374 e. The van der Waals surface area contributed by atoms with Crippen LogP contribution in [0.4, 0.5) is 10.5 Å². The lowest BCUT2D eigenvalue weighted by Gasteiger charge is -2.22. The first kappa shape index (κ1) is 23.4.